The number of hydrogen-bond acceptors (Lipinski definition) is 8. The number of carbonyl (C=O) groups excluding carboxylic acids is 1. The maximum Gasteiger partial charge on any atom is 0.416 e. The number of carbonyl (C=O) groups is 1. The first kappa shape index (κ1) is 36.3. The van der Waals surface area contributed by atoms with Crippen molar-refractivity contribution in [1.82, 2.24) is 24.6 Å². The lowest BCUT2D eigenvalue weighted by atomic mass is 9.75. The highest BCUT2D eigenvalue weighted by Crippen LogP contribution is 2.42. The van der Waals surface area contributed by atoms with Crippen LogP contribution in [0, 0.1) is 5.92 Å². The van der Waals surface area contributed by atoms with Gasteiger partial charge in [-0.2, -0.15) is 13.2 Å². The lowest BCUT2D eigenvalue weighted by Gasteiger charge is -2.42. The van der Waals surface area contributed by atoms with Gasteiger partial charge in [0.25, 0.3) is 5.91 Å². The van der Waals surface area contributed by atoms with E-state index in [9.17, 15) is 18.0 Å². The Labute approximate surface area is 275 Å². The van der Waals surface area contributed by atoms with Crippen LogP contribution in [0.1, 0.15) is 85.9 Å². The number of amides is 1. The SMILES string of the molecule is CC.CC.C[C@H]1CCCN(Cc2cc3c(c(C(F)(F)F)c2)CN(c2cc(C4(Cc5nncn5C)COC4)cc(NCCN)n2)C3=O)C1. The molecule has 2 fully saturated rings. The second-order valence-corrected chi connectivity index (χ2v) is 12.2. The van der Waals surface area contributed by atoms with E-state index in [-0.39, 0.29) is 23.5 Å². The minimum Gasteiger partial charge on any atom is -0.379 e. The van der Waals surface area contributed by atoms with Crippen molar-refractivity contribution >= 4 is 17.5 Å². The van der Waals surface area contributed by atoms with Gasteiger partial charge in [-0.15, -0.1) is 10.2 Å². The molecule has 2 saturated heterocycles. The number of anilines is 2. The minimum absolute atomic E-state index is 0.0160. The number of piperidine rings is 1. The van der Waals surface area contributed by atoms with Crippen LogP contribution in [0.3, 0.4) is 0 Å². The summed E-state index contributed by atoms with van der Waals surface area (Å²) in [5.41, 5.74) is 5.93. The van der Waals surface area contributed by atoms with Crippen LogP contribution in [-0.4, -0.2) is 69.9 Å². The molecule has 10 nitrogen and oxygen atoms in total. The van der Waals surface area contributed by atoms with Crippen molar-refractivity contribution in [2.24, 2.45) is 18.7 Å². The van der Waals surface area contributed by atoms with Crippen molar-refractivity contribution in [3.05, 3.63) is 64.2 Å². The molecule has 3 aliphatic rings. The first-order valence-corrected chi connectivity index (χ1v) is 16.7. The minimum atomic E-state index is -4.60. The fourth-order valence-electron chi connectivity index (χ4n) is 6.43. The van der Waals surface area contributed by atoms with Crippen molar-refractivity contribution < 1.29 is 22.7 Å². The molecule has 5 heterocycles. The number of hydrogen-bond donors (Lipinski definition) is 2. The number of benzene rings is 1. The molecular weight excluding hydrogens is 609 g/mol. The summed E-state index contributed by atoms with van der Waals surface area (Å²) in [7, 11) is 1.87. The molecule has 1 amide bonds. The quantitative estimate of drug-likeness (QED) is 0.308. The molecule has 3 aliphatic heterocycles. The Morgan fingerprint density at radius 3 is 2.47 bits per heavy atom. The largest absolute Gasteiger partial charge is 0.416 e. The smallest absolute Gasteiger partial charge is 0.379 e. The zero-order chi connectivity index (χ0) is 34.4. The normalized spacial score (nSPS) is 18.8. The molecule has 1 aromatic carbocycles. The first-order chi connectivity index (χ1) is 22.6. The van der Waals surface area contributed by atoms with Gasteiger partial charge in [-0.05, 0) is 66.3 Å². The van der Waals surface area contributed by atoms with Gasteiger partial charge in [0, 0.05) is 50.6 Å². The Kier molecular flexibility index (Phi) is 12.0. The van der Waals surface area contributed by atoms with Gasteiger partial charge in [0.05, 0.1) is 25.3 Å². The predicted molar refractivity (Wildman–Crippen MR) is 177 cm³/mol. The van der Waals surface area contributed by atoms with Gasteiger partial charge < -0.3 is 20.4 Å². The van der Waals surface area contributed by atoms with Crippen LogP contribution in [0.15, 0.2) is 30.6 Å². The number of pyridine rings is 1. The van der Waals surface area contributed by atoms with Gasteiger partial charge in [-0.1, -0.05) is 34.6 Å². The van der Waals surface area contributed by atoms with Crippen LogP contribution in [0.2, 0.25) is 0 Å². The van der Waals surface area contributed by atoms with Gasteiger partial charge in [-0.25, -0.2) is 4.98 Å². The van der Waals surface area contributed by atoms with E-state index in [0.717, 1.165) is 37.3 Å². The summed E-state index contributed by atoms with van der Waals surface area (Å²) in [6.07, 6.45) is -0.307. The van der Waals surface area contributed by atoms with E-state index in [1.165, 1.54) is 11.0 Å². The molecule has 13 heteroatoms. The summed E-state index contributed by atoms with van der Waals surface area (Å²) in [4.78, 5) is 22.0. The molecule has 6 rings (SSSR count). The highest BCUT2D eigenvalue weighted by molar-refractivity contribution is 6.10. The topological polar surface area (TPSA) is 114 Å². The number of halogens is 3. The number of aryl methyl sites for hydroxylation is 1. The molecule has 258 valence electrons. The third-order valence-electron chi connectivity index (χ3n) is 8.76. The standard InChI is InChI=1S/C30H37F3N8O2.2C2H6/c1-19-4-3-7-40(13-19)14-20-8-22-23(24(9-20)30(31,32)33)15-41(28(22)42)26-11-21(10-25(37-26)35-6-5-34)29(16-43-17-29)12-27-38-36-18-39(27)2;2*1-2/h8-11,18-19H,3-7,12-17,34H2,1-2H3,(H,35,37);2*1-2H3/t19-;;/m0../s1. The summed E-state index contributed by atoms with van der Waals surface area (Å²) in [6.45, 7) is 13.6. The van der Waals surface area contributed by atoms with Crippen molar-refractivity contribution in [3.63, 3.8) is 0 Å². The monoisotopic (exact) mass is 658 g/mol. The first-order valence-electron chi connectivity index (χ1n) is 16.7. The number of rotatable bonds is 9. The zero-order valence-corrected chi connectivity index (χ0v) is 28.5. The lowest BCUT2D eigenvalue weighted by Crippen LogP contribution is -2.49. The molecule has 3 aromatic rings. The van der Waals surface area contributed by atoms with E-state index < -0.39 is 23.1 Å². The van der Waals surface area contributed by atoms with Crippen LogP contribution in [0.4, 0.5) is 24.8 Å². The highest BCUT2D eigenvalue weighted by atomic mass is 19.4. The van der Waals surface area contributed by atoms with Crippen molar-refractivity contribution in [2.45, 2.75) is 78.6 Å². The van der Waals surface area contributed by atoms with Gasteiger partial charge in [0.15, 0.2) is 0 Å². The highest BCUT2D eigenvalue weighted by Gasteiger charge is 2.44. The van der Waals surface area contributed by atoms with Gasteiger partial charge in [0.2, 0.25) is 0 Å². The Bertz CT molecular complexity index is 1500. The molecule has 0 saturated carbocycles. The zero-order valence-electron chi connectivity index (χ0n) is 28.5. The van der Waals surface area contributed by atoms with E-state index in [4.69, 9.17) is 10.5 Å². The van der Waals surface area contributed by atoms with Crippen molar-refractivity contribution in [3.8, 4) is 0 Å². The molecule has 0 bridgehead atoms. The third kappa shape index (κ3) is 7.95. The molecule has 47 heavy (non-hydrogen) atoms. The average Bonchev–Trinajstić information content (AvgIpc) is 3.60. The third-order valence-corrected chi connectivity index (χ3v) is 8.76. The van der Waals surface area contributed by atoms with Crippen molar-refractivity contribution in [1.29, 1.82) is 0 Å². The fourth-order valence-corrected chi connectivity index (χ4v) is 6.43. The number of likely N-dealkylation sites (tertiary alicyclic amines) is 1. The van der Waals surface area contributed by atoms with Crippen LogP contribution in [0.5, 0.6) is 0 Å². The van der Waals surface area contributed by atoms with E-state index in [0.29, 0.717) is 56.6 Å². The molecule has 0 unspecified atom stereocenters. The van der Waals surface area contributed by atoms with E-state index >= 15 is 0 Å². The Balaban J connectivity index is 0.00000120. The van der Waals surface area contributed by atoms with E-state index in [1.807, 2.05) is 45.4 Å². The van der Waals surface area contributed by atoms with Gasteiger partial charge in [-0.3, -0.25) is 14.6 Å². The molecular formula is C34H49F3N8O2. The van der Waals surface area contributed by atoms with E-state index in [2.05, 4.69) is 32.3 Å². The number of aromatic nitrogens is 4. The second-order valence-electron chi connectivity index (χ2n) is 12.2. The maximum atomic E-state index is 14.4. The Morgan fingerprint density at radius 2 is 1.87 bits per heavy atom. The average molecular weight is 659 g/mol. The van der Waals surface area contributed by atoms with Crippen LogP contribution < -0.4 is 16.0 Å². The van der Waals surface area contributed by atoms with Crippen LogP contribution >= 0.6 is 0 Å². The number of fused-ring (bicyclic) bond motifs is 1. The molecule has 0 radical (unpaired) electrons. The fraction of sp³-hybridized carbons (Fsp3) is 0.588. The van der Waals surface area contributed by atoms with E-state index in [1.54, 1.807) is 18.5 Å². The Hall–Kier alpha value is -3.55. The van der Waals surface area contributed by atoms with Gasteiger partial charge in [0.1, 0.15) is 23.8 Å². The van der Waals surface area contributed by atoms with Crippen molar-refractivity contribution in [2.75, 3.05) is 49.6 Å². The number of nitrogens with zero attached hydrogens (tertiary/aromatic N) is 6. The number of ether oxygens (including phenoxy) is 1. The number of alkyl halides is 3. The summed E-state index contributed by atoms with van der Waals surface area (Å²) in [5.74, 6) is 1.54. The second kappa shape index (κ2) is 15.6. The predicted octanol–water partition coefficient (Wildman–Crippen LogP) is 5.55. The molecule has 3 N–H and O–H groups in total. The maximum absolute atomic E-state index is 14.4. The van der Waals surface area contributed by atoms with Gasteiger partial charge >= 0.3 is 6.18 Å². The number of nitrogens with two attached hydrogens (primary N) is 1. The Morgan fingerprint density at radius 1 is 1.13 bits per heavy atom. The summed E-state index contributed by atoms with van der Waals surface area (Å²) >= 11 is 0. The molecule has 1 atom stereocenters. The summed E-state index contributed by atoms with van der Waals surface area (Å²) < 4.78 is 50.7. The van der Waals surface area contributed by atoms with Crippen LogP contribution in [-0.2, 0) is 42.9 Å². The molecule has 2 aromatic heterocycles. The lowest BCUT2D eigenvalue weighted by molar-refractivity contribution is -0.138. The summed E-state index contributed by atoms with van der Waals surface area (Å²) in [5, 5.41) is 11.4. The molecule has 0 aliphatic carbocycles. The molecule has 0 spiro atoms. The van der Waals surface area contributed by atoms with Crippen LogP contribution in [0.25, 0.3) is 0 Å². The summed E-state index contributed by atoms with van der Waals surface area (Å²) in [6, 6.07) is 6.54. The number of nitrogens with one attached hydrogen (secondary N) is 1.